The molecule has 0 amide bonds. The van der Waals surface area contributed by atoms with Gasteiger partial charge in [0, 0.05) is 5.56 Å². The molecular formula is C23H24O7S. The lowest BCUT2D eigenvalue weighted by atomic mass is 10.1. The first kappa shape index (κ1) is 21.4. The third-order valence-corrected chi connectivity index (χ3v) is 8.58. The predicted molar refractivity (Wildman–Crippen MR) is 112 cm³/mol. The first-order valence-electron chi connectivity index (χ1n) is 10.2. The molecule has 1 fully saturated rings. The van der Waals surface area contributed by atoms with E-state index < -0.39 is 32.9 Å². The lowest BCUT2D eigenvalue weighted by Crippen LogP contribution is -2.46. The molecule has 31 heavy (non-hydrogen) atoms. The quantitative estimate of drug-likeness (QED) is 0.497. The monoisotopic (exact) mass is 444 g/mol. The van der Waals surface area contributed by atoms with Gasteiger partial charge >= 0.3 is 5.97 Å². The second kappa shape index (κ2) is 8.00. The summed E-state index contributed by atoms with van der Waals surface area (Å²) in [7, 11) is -4.00. The second-order valence-electron chi connectivity index (χ2n) is 8.04. The molecule has 1 aliphatic heterocycles. The van der Waals surface area contributed by atoms with Crippen LogP contribution in [-0.4, -0.2) is 38.3 Å². The van der Waals surface area contributed by atoms with E-state index in [4.69, 9.17) is 14.2 Å². The Bertz CT molecular complexity index is 1140. The molecule has 8 heteroatoms. The number of rotatable bonds is 6. The maximum atomic E-state index is 13.6. The van der Waals surface area contributed by atoms with E-state index in [1.807, 2.05) is 13.0 Å². The lowest BCUT2D eigenvalue weighted by Gasteiger charge is -2.27. The minimum absolute atomic E-state index is 0.0840. The van der Waals surface area contributed by atoms with Crippen molar-refractivity contribution in [2.45, 2.75) is 49.2 Å². The summed E-state index contributed by atoms with van der Waals surface area (Å²) in [6, 6.07) is 9.85. The number of ether oxygens (including phenoxy) is 3. The van der Waals surface area contributed by atoms with Gasteiger partial charge < -0.3 is 14.2 Å². The molecule has 0 N–H and O–H groups in total. The zero-order chi connectivity index (χ0) is 22.2. The number of hydrogen-bond acceptors (Lipinski definition) is 7. The molecule has 0 atom stereocenters. The van der Waals surface area contributed by atoms with Crippen molar-refractivity contribution in [2.24, 2.45) is 0 Å². The summed E-state index contributed by atoms with van der Waals surface area (Å²) in [5.74, 6) is -0.316. The van der Waals surface area contributed by atoms with Crippen molar-refractivity contribution >= 4 is 21.6 Å². The molecule has 2 aromatic rings. The molecule has 7 nitrogen and oxygen atoms in total. The van der Waals surface area contributed by atoms with E-state index in [0.29, 0.717) is 35.5 Å². The van der Waals surface area contributed by atoms with Crippen molar-refractivity contribution in [3.8, 4) is 11.5 Å². The van der Waals surface area contributed by atoms with E-state index in [-0.39, 0.29) is 24.5 Å². The lowest BCUT2D eigenvalue weighted by molar-refractivity contribution is -0.145. The molecule has 4 rings (SSSR count). The van der Waals surface area contributed by atoms with Gasteiger partial charge in [0.25, 0.3) is 0 Å². The fraction of sp³-hybridized carbons (Fsp3) is 0.391. The summed E-state index contributed by atoms with van der Waals surface area (Å²) >= 11 is 0. The molecule has 2 aliphatic rings. The van der Waals surface area contributed by atoms with Crippen LogP contribution in [0.2, 0.25) is 0 Å². The molecule has 1 saturated carbocycles. The average molecular weight is 445 g/mol. The van der Waals surface area contributed by atoms with Gasteiger partial charge in [0.15, 0.2) is 38.5 Å². The molecule has 0 aromatic heterocycles. The van der Waals surface area contributed by atoms with Gasteiger partial charge in [0.05, 0.1) is 4.90 Å². The van der Waals surface area contributed by atoms with E-state index in [1.165, 1.54) is 6.07 Å². The van der Waals surface area contributed by atoms with E-state index in [9.17, 15) is 18.0 Å². The van der Waals surface area contributed by atoms with Crippen LogP contribution in [0.25, 0.3) is 0 Å². The van der Waals surface area contributed by atoms with E-state index in [0.717, 1.165) is 5.56 Å². The predicted octanol–water partition coefficient (Wildman–Crippen LogP) is 3.54. The average Bonchev–Trinajstić information content (AvgIpc) is 3.43. The summed E-state index contributed by atoms with van der Waals surface area (Å²) in [4.78, 5) is 25.8. The number of Topliss-reactive ketones (excluding diaryl/α,β-unsaturated/α-hetero) is 1. The van der Waals surface area contributed by atoms with Crippen LogP contribution in [0, 0.1) is 13.8 Å². The number of carbonyl (C=O) groups is 2. The van der Waals surface area contributed by atoms with E-state index in [1.54, 1.807) is 31.2 Å². The van der Waals surface area contributed by atoms with Crippen molar-refractivity contribution in [1.29, 1.82) is 0 Å². The Hall–Kier alpha value is -2.87. The van der Waals surface area contributed by atoms with Gasteiger partial charge in [-0.2, -0.15) is 0 Å². The number of carbonyl (C=O) groups excluding carboxylic acids is 2. The SMILES string of the molecule is Cc1ccc(C)c(S(=O)(=O)C2(C(=O)OCC(=O)c3ccc4c(c3)OCO4)CCCC2)c1. The molecular weight excluding hydrogens is 420 g/mol. The highest BCUT2D eigenvalue weighted by atomic mass is 32.2. The normalized spacial score (nSPS) is 16.8. The molecule has 1 heterocycles. The van der Waals surface area contributed by atoms with Gasteiger partial charge in [-0.05, 0) is 62.1 Å². The molecule has 0 unspecified atom stereocenters. The summed E-state index contributed by atoms with van der Waals surface area (Å²) in [5, 5.41) is 0. The van der Waals surface area contributed by atoms with Crippen LogP contribution in [-0.2, 0) is 19.4 Å². The first-order valence-corrected chi connectivity index (χ1v) is 11.6. The highest BCUT2D eigenvalue weighted by molar-refractivity contribution is 7.93. The number of hydrogen-bond donors (Lipinski definition) is 0. The number of ketones is 1. The van der Waals surface area contributed by atoms with Crippen LogP contribution < -0.4 is 9.47 Å². The molecule has 1 aliphatic carbocycles. The van der Waals surface area contributed by atoms with Gasteiger partial charge in [-0.15, -0.1) is 0 Å². The van der Waals surface area contributed by atoms with Crippen LogP contribution in [0.5, 0.6) is 11.5 Å². The Labute approximate surface area is 181 Å². The second-order valence-corrected chi connectivity index (χ2v) is 10.3. The minimum atomic E-state index is -4.00. The molecule has 2 aromatic carbocycles. The van der Waals surface area contributed by atoms with Gasteiger partial charge in [-0.25, -0.2) is 8.42 Å². The third-order valence-electron chi connectivity index (χ3n) is 5.96. The smallest absolute Gasteiger partial charge is 0.328 e. The molecule has 0 saturated heterocycles. The number of benzene rings is 2. The number of fused-ring (bicyclic) bond motifs is 1. The van der Waals surface area contributed by atoms with E-state index >= 15 is 0 Å². The number of aryl methyl sites for hydroxylation is 2. The van der Waals surface area contributed by atoms with Gasteiger partial charge in [0.1, 0.15) is 0 Å². The zero-order valence-corrected chi connectivity index (χ0v) is 18.3. The van der Waals surface area contributed by atoms with Crippen molar-refractivity contribution in [2.75, 3.05) is 13.4 Å². The zero-order valence-electron chi connectivity index (χ0n) is 17.5. The number of sulfone groups is 1. The fourth-order valence-corrected chi connectivity index (χ4v) is 6.51. The van der Waals surface area contributed by atoms with Crippen molar-refractivity contribution < 1.29 is 32.2 Å². The summed E-state index contributed by atoms with van der Waals surface area (Å²) in [6.45, 7) is 3.06. The van der Waals surface area contributed by atoms with Crippen molar-refractivity contribution in [1.82, 2.24) is 0 Å². The third kappa shape index (κ3) is 3.69. The Balaban J connectivity index is 1.56. The van der Waals surface area contributed by atoms with Crippen molar-refractivity contribution in [3.05, 3.63) is 53.1 Å². The Kier molecular flexibility index (Phi) is 5.51. The summed E-state index contributed by atoms with van der Waals surface area (Å²) < 4.78 is 41.3. The highest BCUT2D eigenvalue weighted by Gasteiger charge is 2.54. The van der Waals surface area contributed by atoms with Gasteiger partial charge in [0.2, 0.25) is 6.79 Å². The molecule has 0 radical (unpaired) electrons. The molecule has 0 spiro atoms. The van der Waals surface area contributed by atoms with Gasteiger partial charge in [-0.1, -0.05) is 25.0 Å². The van der Waals surface area contributed by atoms with Crippen LogP contribution >= 0.6 is 0 Å². The number of esters is 1. The maximum Gasteiger partial charge on any atom is 0.328 e. The molecule has 0 bridgehead atoms. The topological polar surface area (TPSA) is 96.0 Å². The summed E-state index contributed by atoms with van der Waals surface area (Å²) in [6.07, 6.45) is 1.57. The van der Waals surface area contributed by atoms with Crippen LogP contribution in [0.1, 0.15) is 47.2 Å². The van der Waals surface area contributed by atoms with Crippen LogP contribution in [0.4, 0.5) is 0 Å². The largest absolute Gasteiger partial charge is 0.456 e. The van der Waals surface area contributed by atoms with Gasteiger partial charge in [-0.3, -0.25) is 9.59 Å². The Morgan fingerprint density at radius 2 is 1.71 bits per heavy atom. The molecule has 164 valence electrons. The van der Waals surface area contributed by atoms with Crippen molar-refractivity contribution in [3.63, 3.8) is 0 Å². The maximum absolute atomic E-state index is 13.6. The Morgan fingerprint density at radius 3 is 2.45 bits per heavy atom. The van der Waals surface area contributed by atoms with E-state index in [2.05, 4.69) is 0 Å². The minimum Gasteiger partial charge on any atom is -0.456 e. The highest BCUT2D eigenvalue weighted by Crippen LogP contribution is 2.42. The fourth-order valence-electron chi connectivity index (χ4n) is 4.15. The standard InChI is InChI=1S/C23H24O7S/c1-15-5-6-16(2)21(11-15)31(26,27)23(9-3-4-10-23)22(25)28-13-18(24)17-7-8-19-20(12-17)30-14-29-19/h5-8,11-12H,3-4,9-10,13-14H2,1-2H3. The Morgan fingerprint density at radius 1 is 1.00 bits per heavy atom. The van der Waals surface area contributed by atoms with Crippen LogP contribution in [0.15, 0.2) is 41.3 Å². The summed E-state index contributed by atoms with van der Waals surface area (Å²) in [5.41, 5.74) is 1.68. The first-order chi connectivity index (χ1) is 14.7. The van der Waals surface area contributed by atoms with Crippen LogP contribution in [0.3, 0.4) is 0 Å².